The molecule has 0 spiro atoms. The third-order valence-electron chi connectivity index (χ3n) is 2.78. The molecule has 96 valence electrons. The van der Waals surface area contributed by atoms with Crippen molar-refractivity contribution in [3.8, 4) is 0 Å². The van der Waals surface area contributed by atoms with E-state index in [0.29, 0.717) is 23.6 Å². The van der Waals surface area contributed by atoms with Crippen molar-refractivity contribution >= 4 is 5.91 Å². The maximum Gasteiger partial charge on any atom is 0.259 e. The van der Waals surface area contributed by atoms with Crippen molar-refractivity contribution < 1.29 is 13.7 Å². The summed E-state index contributed by atoms with van der Waals surface area (Å²) < 4.78 is 10.4. The van der Waals surface area contributed by atoms with Crippen LogP contribution in [0.15, 0.2) is 21.1 Å². The second-order valence-corrected chi connectivity index (χ2v) is 4.37. The molecule has 0 bridgehead atoms. The van der Waals surface area contributed by atoms with Crippen molar-refractivity contribution in [1.82, 2.24) is 10.1 Å². The molecule has 0 N–H and O–H groups in total. The standard InChI is InChI=1S/C13H16N2O3/c1-8-5-6-11(17-8)7-15(4)13(16)12-9(2)14-18-10(12)3/h5-6H,7H2,1-4H3. The molecule has 0 saturated heterocycles. The van der Waals surface area contributed by atoms with Crippen LogP contribution < -0.4 is 0 Å². The first-order valence-corrected chi connectivity index (χ1v) is 5.72. The molecule has 0 aliphatic carbocycles. The zero-order valence-electron chi connectivity index (χ0n) is 11.0. The number of aromatic nitrogens is 1. The van der Waals surface area contributed by atoms with E-state index in [1.807, 2.05) is 19.1 Å². The van der Waals surface area contributed by atoms with Crippen molar-refractivity contribution in [2.45, 2.75) is 27.3 Å². The summed E-state index contributed by atoms with van der Waals surface area (Å²) in [6, 6.07) is 3.75. The van der Waals surface area contributed by atoms with Crippen LogP contribution in [0.4, 0.5) is 0 Å². The summed E-state index contributed by atoms with van der Waals surface area (Å²) in [7, 11) is 1.73. The monoisotopic (exact) mass is 248 g/mol. The lowest BCUT2D eigenvalue weighted by atomic mass is 10.2. The summed E-state index contributed by atoms with van der Waals surface area (Å²) in [6.07, 6.45) is 0. The van der Waals surface area contributed by atoms with Gasteiger partial charge < -0.3 is 13.8 Å². The minimum absolute atomic E-state index is 0.111. The highest BCUT2D eigenvalue weighted by Crippen LogP contribution is 2.16. The summed E-state index contributed by atoms with van der Waals surface area (Å²) in [5.41, 5.74) is 1.14. The fourth-order valence-corrected chi connectivity index (χ4v) is 1.85. The molecule has 5 heteroatoms. The summed E-state index contributed by atoms with van der Waals surface area (Å²) >= 11 is 0. The maximum absolute atomic E-state index is 12.2. The average Bonchev–Trinajstić information content (AvgIpc) is 2.85. The van der Waals surface area contributed by atoms with Crippen LogP contribution in [0.25, 0.3) is 0 Å². The fraction of sp³-hybridized carbons (Fsp3) is 0.385. The minimum atomic E-state index is -0.111. The van der Waals surface area contributed by atoms with Crippen LogP contribution in [0.3, 0.4) is 0 Å². The van der Waals surface area contributed by atoms with Gasteiger partial charge in [-0.25, -0.2) is 0 Å². The van der Waals surface area contributed by atoms with Gasteiger partial charge in [0.2, 0.25) is 0 Å². The Kier molecular flexibility index (Phi) is 3.23. The highest BCUT2D eigenvalue weighted by Gasteiger charge is 2.21. The predicted molar refractivity (Wildman–Crippen MR) is 65.2 cm³/mol. The first-order valence-electron chi connectivity index (χ1n) is 5.72. The molecular formula is C13H16N2O3. The van der Waals surface area contributed by atoms with Gasteiger partial charge >= 0.3 is 0 Å². The van der Waals surface area contributed by atoms with Crippen LogP contribution in [0, 0.1) is 20.8 Å². The molecule has 0 aromatic carbocycles. The topological polar surface area (TPSA) is 59.5 Å². The van der Waals surface area contributed by atoms with Crippen molar-refractivity contribution in [1.29, 1.82) is 0 Å². The van der Waals surface area contributed by atoms with Crippen molar-refractivity contribution in [2.24, 2.45) is 0 Å². The van der Waals surface area contributed by atoms with Gasteiger partial charge in [-0.15, -0.1) is 0 Å². The smallest absolute Gasteiger partial charge is 0.259 e. The van der Waals surface area contributed by atoms with Gasteiger partial charge in [0, 0.05) is 7.05 Å². The van der Waals surface area contributed by atoms with Gasteiger partial charge in [-0.2, -0.15) is 0 Å². The number of rotatable bonds is 3. The molecule has 0 fully saturated rings. The number of nitrogens with zero attached hydrogens (tertiary/aromatic N) is 2. The van der Waals surface area contributed by atoms with Crippen LogP contribution in [0.1, 0.15) is 33.3 Å². The van der Waals surface area contributed by atoms with Crippen molar-refractivity contribution in [3.63, 3.8) is 0 Å². The van der Waals surface area contributed by atoms with E-state index in [4.69, 9.17) is 8.94 Å². The normalized spacial score (nSPS) is 10.7. The highest BCUT2D eigenvalue weighted by atomic mass is 16.5. The lowest BCUT2D eigenvalue weighted by Gasteiger charge is -2.15. The number of hydrogen-bond acceptors (Lipinski definition) is 4. The van der Waals surface area contributed by atoms with Gasteiger partial charge in [-0.3, -0.25) is 4.79 Å². The Morgan fingerprint density at radius 3 is 2.56 bits per heavy atom. The number of furan rings is 1. The predicted octanol–water partition coefficient (Wildman–Crippen LogP) is 2.47. The Morgan fingerprint density at radius 1 is 1.33 bits per heavy atom. The minimum Gasteiger partial charge on any atom is -0.464 e. The fourth-order valence-electron chi connectivity index (χ4n) is 1.85. The molecule has 0 saturated carbocycles. The van der Waals surface area contributed by atoms with E-state index in [-0.39, 0.29) is 5.91 Å². The number of aryl methyl sites for hydroxylation is 3. The molecule has 0 aliphatic rings. The van der Waals surface area contributed by atoms with E-state index >= 15 is 0 Å². The van der Waals surface area contributed by atoms with Crippen LogP contribution >= 0.6 is 0 Å². The molecule has 2 heterocycles. The third kappa shape index (κ3) is 2.30. The first-order chi connectivity index (χ1) is 8.49. The van der Waals surface area contributed by atoms with E-state index in [9.17, 15) is 4.79 Å². The maximum atomic E-state index is 12.2. The van der Waals surface area contributed by atoms with Gasteiger partial charge in [-0.05, 0) is 32.9 Å². The van der Waals surface area contributed by atoms with E-state index in [2.05, 4.69) is 5.16 Å². The Balaban J connectivity index is 2.14. The summed E-state index contributed by atoms with van der Waals surface area (Å²) in [4.78, 5) is 13.8. The van der Waals surface area contributed by atoms with Gasteiger partial charge in [0.05, 0.1) is 12.2 Å². The van der Waals surface area contributed by atoms with Gasteiger partial charge in [0.1, 0.15) is 22.8 Å². The van der Waals surface area contributed by atoms with Gasteiger partial charge in [-0.1, -0.05) is 5.16 Å². The molecule has 2 rings (SSSR count). The molecular weight excluding hydrogens is 232 g/mol. The molecule has 18 heavy (non-hydrogen) atoms. The number of carbonyl (C=O) groups is 1. The molecule has 0 atom stereocenters. The molecule has 1 amide bonds. The summed E-state index contributed by atoms with van der Waals surface area (Å²) in [5.74, 6) is 2.03. The molecule has 2 aromatic heterocycles. The Hall–Kier alpha value is -2.04. The molecule has 0 aliphatic heterocycles. The Bertz CT molecular complexity index is 549. The van der Waals surface area contributed by atoms with Crippen molar-refractivity contribution in [3.05, 3.63) is 40.7 Å². The second kappa shape index (κ2) is 4.68. The average molecular weight is 248 g/mol. The van der Waals surface area contributed by atoms with Crippen LogP contribution in [0.5, 0.6) is 0 Å². The van der Waals surface area contributed by atoms with E-state index in [0.717, 1.165) is 11.5 Å². The molecule has 5 nitrogen and oxygen atoms in total. The van der Waals surface area contributed by atoms with Crippen LogP contribution in [0.2, 0.25) is 0 Å². The SMILES string of the molecule is Cc1ccc(CN(C)C(=O)c2c(C)noc2C)o1. The Labute approximate surface area is 105 Å². The number of hydrogen-bond donors (Lipinski definition) is 0. The second-order valence-electron chi connectivity index (χ2n) is 4.37. The van der Waals surface area contributed by atoms with Crippen LogP contribution in [-0.2, 0) is 6.54 Å². The van der Waals surface area contributed by atoms with Gasteiger partial charge in [0.15, 0.2) is 0 Å². The largest absolute Gasteiger partial charge is 0.464 e. The van der Waals surface area contributed by atoms with Crippen LogP contribution in [-0.4, -0.2) is 23.0 Å². The quantitative estimate of drug-likeness (QED) is 0.837. The van der Waals surface area contributed by atoms with E-state index < -0.39 is 0 Å². The Morgan fingerprint density at radius 2 is 2.06 bits per heavy atom. The summed E-state index contributed by atoms with van der Waals surface area (Å²) in [5, 5.41) is 3.78. The third-order valence-corrected chi connectivity index (χ3v) is 2.78. The lowest BCUT2D eigenvalue weighted by molar-refractivity contribution is 0.0772. The number of amides is 1. The molecule has 0 unspecified atom stereocenters. The lowest BCUT2D eigenvalue weighted by Crippen LogP contribution is -2.26. The van der Waals surface area contributed by atoms with E-state index in [1.54, 1.807) is 25.8 Å². The molecule has 0 radical (unpaired) electrons. The first kappa shape index (κ1) is 12.4. The van der Waals surface area contributed by atoms with Crippen molar-refractivity contribution in [2.75, 3.05) is 7.05 Å². The zero-order valence-corrected chi connectivity index (χ0v) is 11.0. The highest BCUT2D eigenvalue weighted by molar-refractivity contribution is 5.95. The molecule has 2 aromatic rings. The zero-order chi connectivity index (χ0) is 13.3. The van der Waals surface area contributed by atoms with Gasteiger partial charge in [0.25, 0.3) is 5.91 Å². The summed E-state index contributed by atoms with van der Waals surface area (Å²) in [6.45, 7) is 5.79. The number of carbonyl (C=O) groups excluding carboxylic acids is 1. The van der Waals surface area contributed by atoms with E-state index in [1.165, 1.54) is 0 Å².